The van der Waals surface area contributed by atoms with Crippen molar-refractivity contribution in [2.75, 3.05) is 6.54 Å². The number of phenols is 1. The molecule has 2 aromatic carbocycles. The predicted molar refractivity (Wildman–Crippen MR) is 91.1 cm³/mol. The van der Waals surface area contributed by atoms with Gasteiger partial charge in [-0.3, -0.25) is 4.79 Å². The number of amides is 1. The van der Waals surface area contributed by atoms with E-state index in [1.54, 1.807) is 12.1 Å². The van der Waals surface area contributed by atoms with Crippen molar-refractivity contribution in [3.05, 3.63) is 63.2 Å². The number of halogens is 1. The number of hydrogen-bond acceptors (Lipinski definition) is 3. The molecule has 5 heteroatoms. The first kappa shape index (κ1) is 15.8. The second-order valence-electron chi connectivity index (χ2n) is 4.73. The Morgan fingerprint density at radius 1 is 1.24 bits per heavy atom. The highest BCUT2D eigenvalue weighted by Gasteiger charge is 2.09. The van der Waals surface area contributed by atoms with Crippen molar-refractivity contribution in [3.8, 4) is 5.75 Å². The molecule has 0 spiro atoms. The molecule has 0 radical (unpaired) electrons. The first-order valence-electron chi connectivity index (χ1n) is 6.65. The molecule has 0 aliphatic heterocycles. The molecule has 2 aromatic rings. The molecule has 0 aliphatic carbocycles. The van der Waals surface area contributed by atoms with Crippen LogP contribution in [0.2, 0.25) is 0 Å². The van der Waals surface area contributed by atoms with Crippen LogP contribution >= 0.6 is 22.6 Å². The summed E-state index contributed by atoms with van der Waals surface area (Å²) in [7, 11) is 0. The normalized spacial score (nSPS) is 11.9. The van der Waals surface area contributed by atoms with Gasteiger partial charge in [-0.25, -0.2) is 0 Å². The molecule has 1 amide bonds. The van der Waals surface area contributed by atoms with Crippen molar-refractivity contribution >= 4 is 28.5 Å². The van der Waals surface area contributed by atoms with Gasteiger partial charge in [-0.05, 0) is 52.8 Å². The number of carbonyl (C=O) groups is 1. The fraction of sp³-hybridized carbons (Fsp3) is 0.188. The van der Waals surface area contributed by atoms with Gasteiger partial charge in [0.2, 0.25) is 0 Å². The second kappa shape index (κ2) is 7.42. The summed E-state index contributed by atoms with van der Waals surface area (Å²) in [5.41, 5.74) is 7.57. The summed E-state index contributed by atoms with van der Waals surface area (Å²) in [6.07, 6.45) is 0.659. The van der Waals surface area contributed by atoms with Crippen molar-refractivity contribution in [1.82, 2.24) is 5.32 Å². The van der Waals surface area contributed by atoms with Crippen molar-refractivity contribution in [2.45, 2.75) is 12.5 Å². The molecule has 0 bridgehead atoms. The van der Waals surface area contributed by atoms with Gasteiger partial charge in [0, 0.05) is 18.2 Å². The minimum atomic E-state index is -0.207. The molecule has 4 N–H and O–H groups in total. The average molecular weight is 396 g/mol. The van der Waals surface area contributed by atoms with E-state index in [4.69, 9.17) is 5.73 Å². The zero-order valence-corrected chi connectivity index (χ0v) is 13.6. The molecule has 0 heterocycles. The van der Waals surface area contributed by atoms with Gasteiger partial charge < -0.3 is 16.2 Å². The Morgan fingerprint density at radius 3 is 2.62 bits per heavy atom. The third-order valence-electron chi connectivity index (χ3n) is 3.18. The Bertz CT molecular complexity index is 617. The monoisotopic (exact) mass is 396 g/mol. The number of nitrogens with one attached hydrogen (secondary N) is 1. The molecule has 0 aliphatic rings. The van der Waals surface area contributed by atoms with Crippen LogP contribution in [-0.2, 0) is 0 Å². The standard InChI is InChI=1S/C16H17IN2O2/c17-13-7-6-12(10-15(13)20)16(21)19-9-8-14(18)11-4-2-1-3-5-11/h1-7,10,14,20H,8-9,18H2,(H,19,21). The maximum Gasteiger partial charge on any atom is 0.251 e. The van der Waals surface area contributed by atoms with E-state index in [2.05, 4.69) is 5.32 Å². The van der Waals surface area contributed by atoms with E-state index in [0.717, 1.165) is 9.13 Å². The number of carbonyl (C=O) groups excluding carboxylic acids is 1. The number of phenolic OH excluding ortho intramolecular Hbond substituents is 1. The molecule has 21 heavy (non-hydrogen) atoms. The summed E-state index contributed by atoms with van der Waals surface area (Å²) in [6, 6.07) is 14.6. The smallest absolute Gasteiger partial charge is 0.251 e. The predicted octanol–water partition coefficient (Wildman–Crippen LogP) is 2.82. The molecule has 1 atom stereocenters. The molecule has 0 aromatic heterocycles. The van der Waals surface area contributed by atoms with E-state index in [-0.39, 0.29) is 17.7 Å². The zero-order valence-electron chi connectivity index (χ0n) is 11.4. The topological polar surface area (TPSA) is 75.3 Å². The Kier molecular flexibility index (Phi) is 5.58. The molecule has 0 saturated heterocycles. The van der Waals surface area contributed by atoms with E-state index < -0.39 is 0 Å². The number of hydrogen-bond donors (Lipinski definition) is 3. The van der Waals surface area contributed by atoms with Crippen molar-refractivity contribution in [3.63, 3.8) is 0 Å². The fourth-order valence-corrected chi connectivity index (χ4v) is 2.30. The summed E-state index contributed by atoms with van der Waals surface area (Å²) in [5.74, 6) is -0.0915. The Morgan fingerprint density at radius 2 is 1.95 bits per heavy atom. The summed E-state index contributed by atoms with van der Waals surface area (Å²) < 4.78 is 0.718. The fourth-order valence-electron chi connectivity index (χ4n) is 1.96. The van der Waals surface area contributed by atoms with Crippen molar-refractivity contribution < 1.29 is 9.90 Å². The Hall–Kier alpha value is -1.60. The van der Waals surface area contributed by atoms with Gasteiger partial charge in [0.25, 0.3) is 5.91 Å². The molecule has 1 unspecified atom stereocenters. The molecule has 4 nitrogen and oxygen atoms in total. The van der Waals surface area contributed by atoms with Crippen LogP contribution < -0.4 is 11.1 Å². The van der Waals surface area contributed by atoms with Gasteiger partial charge in [-0.15, -0.1) is 0 Å². The average Bonchev–Trinajstić information content (AvgIpc) is 2.50. The highest BCUT2D eigenvalue weighted by Crippen LogP contribution is 2.20. The van der Waals surface area contributed by atoms with Crippen LogP contribution in [0.1, 0.15) is 28.4 Å². The largest absolute Gasteiger partial charge is 0.507 e. The molecule has 2 rings (SSSR count). The van der Waals surface area contributed by atoms with Gasteiger partial charge in [-0.1, -0.05) is 30.3 Å². The summed E-state index contributed by atoms with van der Waals surface area (Å²) in [5, 5.41) is 12.4. The maximum absolute atomic E-state index is 12.0. The lowest BCUT2D eigenvalue weighted by molar-refractivity contribution is 0.0952. The maximum atomic E-state index is 12.0. The lowest BCUT2D eigenvalue weighted by Gasteiger charge is -2.12. The first-order valence-corrected chi connectivity index (χ1v) is 7.73. The quantitative estimate of drug-likeness (QED) is 0.681. The van der Waals surface area contributed by atoms with Crippen LogP contribution in [0.3, 0.4) is 0 Å². The zero-order chi connectivity index (χ0) is 15.2. The molecule has 0 saturated carbocycles. The van der Waals surface area contributed by atoms with Crippen LogP contribution in [0, 0.1) is 3.57 Å². The number of aromatic hydroxyl groups is 1. The van der Waals surface area contributed by atoms with E-state index in [1.807, 2.05) is 52.9 Å². The van der Waals surface area contributed by atoms with Crippen LogP contribution in [0.25, 0.3) is 0 Å². The highest BCUT2D eigenvalue weighted by atomic mass is 127. The summed E-state index contributed by atoms with van der Waals surface area (Å²) in [6.45, 7) is 0.488. The number of rotatable bonds is 5. The van der Waals surface area contributed by atoms with E-state index >= 15 is 0 Å². The molecule has 110 valence electrons. The van der Waals surface area contributed by atoms with Gasteiger partial charge in [-0.2, -0.15) is 0 Å². The lowest BCUT2D eigenvalue weighted by Crippen LogP contribution is -2.27. The van der Waals surface area contributed by atoms with E-state index in [1.165, 1.54) is 6.07 Å². The van der Waals surface area contributed by atoms with Crippen LogP contribution in [-0.4, -0.2) is 17.6 Å². The number of benzene rings is 2. The van der Waals surface area contributed by atoms with Crippen molar-refractivity contribution in [2.24, 2.45) is 5.73 Å². The first-order chi connectivity index (χ1) is 10.1. The highest BCUT2D eigenvalue weighted by molar-refractivity contribution is 14.1. The van der Waals surface area contributed by atoms with Gasteiger partial charge in [0.1, 0.15) is 5.75 Å². The van der Waals surface area contributed by atoms with E-state index in [9.17, 15) is 9.90 Å². The van der Waals surface area contributed by atoms with Crippen molar-refractivity contribution in [1.29, 1.82) is 0 Å². The van der Waals surface area contributed by atoms with Gasteiger partial charge in [0.15, 0.2) is 0 Å². The molecular weight excluding hydrogens is 379 g/mol. The lowest BCUT2D eigenvalue weighted by atomic mass is 10.1. The van der Waals surface area contributed by atoms with Crippen LogP contribution in [0.5, 0.6) is 5.75 Å². The van der Waals surface area contributed by atoms with E-state index in [0.29, 0.717) is 18.5 Å². The molecular formula is C16H17IN2O2. The second-order valence-corrected chi connectivity index (χ2v) is 5.89. The third kappa shape index (κ3) is 4.44. The van der Waals surface area contributed by atoms with Gasteiger partial charge in [0.05, 0.1) is 3.57 Å². The summed E-state index contributed by atoms with van der Waals surface area (Å²) in [4.78, 5) is 12.0. The number of nitrogens with two attached hydrogens (primary N) is 1. The Balaban J connectivity index is 1.85. The minimum Gasteiger partial charge on any atom is -0.507 e. The van der Waals surface area contributed by atoms with Crippen LogP contribution in [0.15, 0.2) is 48.5 Å². The van der Waals surface area contributed by atoms with Crippen LogP contribution in [0.4, 0.5) is 0 Å². The van der Waals surface area contributed by atoms with Gasteiger partial charge >= 0.3 is 0 Å². The summed E-state index contributed by atoms with van der Waals surface area (Å²) >= 11 is 2.01. The Labute approximate surface area is 137 Å². The molecule has 0 fully saturated rings. The minimum absolute atomic E-state index is 0.100. The SMILES string of the molecule is NC(CCNC(=O)c1ccc(I)c(O)c1)c1ccccc1. The third-order valence-corrected chi connectivity index (χ3v) is 4.09.